The molecule has 3 heterocycles. The standard InChI is InChI=1S/C23H29N5O2/c1-17-6-3-4-8-21(17)26-10-12-27(13-11-26)22(29)19-7-5-9-28(16-19)23(30)20-15-24-18(2)14-25-20/h3-4,6,8,14-15,19H,5,7,9-13,16H2,1-2H3. The van der Waals surface area contributed by atoms with Gasteiger partial charge in [-0.2, -0.15) is 0 Å². The molecule has 2 saturated heterocycles. The van der Waals surface area contributed by atoms with E-state index in [4.69, 9.17) is 0 Å². The van der Waals surface area contributed by atoms with Crippen molar-refractivity contribution in [1.29, 1.82) is 0 Å². The number of amides is 2. The zero-order valence-electron chi connectivity index (χ0n) is 17.8. The lowest BCUT2D eigenvalue weighted by molar-refractivity contribution is -0.137. The molecular weight excluding hydrogens is 378 g/mol. The van der Waals surface area contributed by atoms with E-state index in [2.05, 4.69) is 46.1 Å². The first-order valence-corrected chi connectivity index (χ1v) is 10.7. The molecule has 1 aromatic heterocycles. The molecule has 1 atom stereocenters. The Morgan fingerprint density at radius 3 is 2.40 bits per heavy atom. The van der Waals surface area contributed by atoms with Gasteiger partial charge in [-0.25, -0.2) is 4.98 Å². The number of likely N-dealkylation sites (tertiary alicyclic amines) is 1. The number of aromatic nitrogens is 2. The van der Waals surface area contributed by atoms with Crippen molar-refractivity contribution in [2.24, 2.45) is 5.92 Å². The number of carbonyl (C=O) groups is 2. The van der Waals surface area contributed by atoms with Crippen LogP contribution in [0.1, 0.15) is 34.6 Å². The Balaban J connectivity index is 1.35. The molecule has 2 aliphatic heterocycles. The van der Waals surface area contributed by atoms with Gasteiger partial charge < -0.3 is 14.7 Å². The summed E-state index contributed by atoms with van der Waals surface area (Å²) in [5.41, 5.74) is 3.64. The second-order valence-corrected chi connectivity index (χ2v) is 8.23. The number of piperidine rings is 1. The van der Waals surface area contributed by atoms with Gasteiger partial charge in [0.05, 0.1) is 17.8 Å². The lowest BCUT2D eigenvalue weighted by Crippen LogP contribution is -2.53. The number of hydrogen-bond donors (Lipinski definition) is 0. The SMILES string of the molecule is Cc1cnc(C(=O)N2CCCC(C(=O)N3CCN(c4ccccc4C)CC3)C2)cn1. The van der Waals surface area contributed by atoms with E-state index in [1.165, 1.54) is 17.4 Å². The summed E-state index contributed by atoms with van der Waals surface area (Å²) in [4.78, 5) is 40.4. The first-order valence-electron chi connectivity index (χ1n) is 10.7. The minimum Gasteiger partial charge on any atom is -0.368 e. The molecule has 7 nitrogen and oxygen atoms in total. The van der Waals surface area contributed by atoms with Gasteiger partial charge in [0.25, 0.3) is 5.91 Å². The van der Waals surface area contributed by atoms with Crippen LogP contribution in [-0.4, -0.2) is 70.9 Å². The summed E-state index contributed by atoms with van der Waals surface area (Å²) in [5.74, 6) is -0.0950. The van der Waals surface area contributed by atoms with E-state index in [-0.39, 0.29) is 17.7 Å². The van der Waals surface area contributed by atoms with E-state index in [0.717, 1.165) is 44.7 Å². The monoisotopic (exact) mass is 407 g/mol. The highest BCUT2D eigenvalue weighted by molar-refractivity contribution is 5.92. The maximum atomic E-state index is 13.2. The summed E-state index contributed by atoms with van der Waals surface area (Å²) in [7, 11) is 0. The molecule has 0 bridgehead atoms. The van der Waals surface area contributed by atoms with Crippen molar-refractivity contribution in [1.82, 2.24) is 19.8 Å². The van der Waals surface area contributed by atoms with Crippen LogP contribution in [0.25, 0.3) is 0 Å². The van der Waals surface area contributed by atoms with E-state index >= 15 is 0 Å². The summed E-state index contributed by atoms with van der Waals surface area (Å²) in [6.07, 6.45) is 4.80. The second-order valence-electron chi connectivity index (χ2n) is 8.23. The number of benzene rings is 1. The van der Waals surface area contributed by atoms with Crippen LogP contribution in [0.4, 0.5) is 5.69 Å². The minimum absolute atomic E-state index is 0.133. The van der Waals surface area contributed by atoms with Gasteiger partial charge in [-0.1, -0.05) is 18.2 Å². The number of piperazine rings is 1. The third-order valence-corrected chi connectivity index (χ3v) is 6.11. The van der Waals surface area contributed by atoms with Crippen molar-refractivity contribution >= 4 is 17.5 Å². The van der Waals surface area contributed by atoms with Gasteiger partial charge in [-0.15, -0.1) is 0 Å². The van der Waals surface area contributed by atoms with Crippen LogP contribution in [-0.2, 0) is 4.79 Å². The van der Waals surface area contributed by atoms with Crippen molar-refractivity contribution < 1.29 is 9.59 Å². The molecule has 158 valence electrons. The quantitative estimate of drug-likeness (QED) is 0.781. The molecule has 0 radical (unpaired) electrons. The highest BCUT2D eigenvalue weighted by atomic mass is 16.2. The maximum Gasteiger partial charge on any atom is 0.274 e. The number of aryl methyl sites for hydroxylation is 2. The molecular formula is C23H29N5O2. The fourth-order valence-electron chi connectivity index (χ4n) is 4.37. The number of carbonyl (C=O) groups excluding carboxylic acids is 2. The molecule has 0 aliphatic carbocycles. The Hall–Kier alpha value is -2.96. The Bertz CT molecular complexity index is 906. The average molecular weight is 408 g/mol. The maximum absolute atomic E-state index is 13.2. The van der Waals surface area contributed by atoms with E-state index in [0.29, 0.717) is 18.8 Å². The summed E-state index contributed by atoms with van der Waals surface area (Å²) in [6, 6.07) is 8.38. The van der Waals surface area contributed by atoms with Crippen molar-refractivity contribution in [3.63, 3.8) is 0 Å². The van der Waals surface area contributed by atoms with E-state index < -0.39 is 0 Å². The van der Waals surface area contributed by atoms with Crippen molar-refractivity contribution in [2.45, 2.75) is 26.7 Å². The third kappa shape index (κ3) is 4.30. The summed E-state index contributed by atoms with van der Waals surface area (Å²) < 4.78 is 0. The highest BCUT2D eigenvalue weighted by Crippen LogP contribution is 2.24. The Morgan fingerprint density at radius 1 is 0.933 bits per heavy atom. The molecule has 0 spiro atoms. The Morgan fingerprint density at radius 2 is 1.70 bits per heavy atom. The van der Waals surface area contributed by atoms with E-state index in [1.54, 1.807) is 11.1 Å². The van der Waals surface area contributed by atoms with Crippen molar-refractivity contribution in [3.05, 3.63) is 53.6 Å². The van der Waals surface area contributed by atoms with E-state index in [1.807, 2.05) is 11.8 Å². The normalized spacial score (nSPS) is 19.7. The van der Waals surface area contributed by atoms with E-state index in [9.17, 15) is 9.59 Å². The average Bonchev–Trinajstić information content (AvgIpc) is 2.79. The smallest absolute Gasteiger partial charge is 0.274 e. The molecule has 30 heavy (non-hydrogen) atoms. The van der Waals surface area contributed by atoms with Crippen LogP contribution in [0, 0.1) is 19.8 Å². The van der Waals surface area contributed by atoms with Crippen LogP contribution in [0.3, 0.4) is 0 Å². The Kier molecular flexibility index (Phi) is 5.97. The minimum atomic E-state index is -0.135. The molecule has 2 fully saturated rings. The summed E-state index contributed by atoms with van der Waals surface area (Å²) in [5, 5.41) is 0. The number of hydrogen-bond acceptors (Lipinski definition) is 5. The van der Waals surface area contributed by atoms with Gasteiger partial charge in [0.15, 0.2) is 0 Å². The van der Waals surface area contributed by atoms with Crippen LogP contribution < -0.4 is 4.90 Å². The molecule has 0 N–H and O–H groups in total. The molecule has 2 aromatic rings. The van der Waals surface area contributed by atoms with Crippen LogP contribution in [0.15, 0.2) is 36.7 Å². The predicted octanol–water partition coefficient (Wildman–Crippen LogP) is 2.29. The molecule has 1 aromatic carbocycles. The van der Waals surface area contributed by atoms with Gasteiger partial charge in [0.1, 0.15) is 5.69 Å². The number of para-hydroxylation sites is 1. The summed E-state index contributed by atoms with van der Waals surface area (Å²) in [6.45, 7) is 8.22. The number of anilines is 1. The van der Waals surface area contributed by atoms with Crippen molar-refractivity contribution in [3.8, 4) is 0 Å². The van der Waals surface area contributed by atoms with Crippen LogP contribution in [0.2, 0.25) is 0 Å². The third-order valence-electron chi connectivity index (χ3n) is 6.11. The molecule has 7 heteroatoms. The Labute approximate surface area is 177 Å². The molecule has 0 saturated carbocycles. The van der Waals surface area contributed by atoms with Gasteiger partial charge in [-0.3, -0.25) is 14.6 Å². The first-order chi connectivity index (χ1) is 14.5. The lowest BCUT2D eigenvalue weighted by Gasteiger charge is -2.40. The fraction of sp³-hybridized carbons (Fsp3) is 0.478. The molecule has 4 rings (SSSR count). The van der Waals surface area contributed by atoms with Gasteiger partial charge in [-0.05, 0) is 38.3 Å². The lowest BCUT2D eigenvalue weighted by atomic mass is 9.96. The topological polar surface area (TPSA) is 69.6 Å². The molecule has 2 aliphatic rings. The van der Waals surface area contributed by atoms with Crippen LogP contribution >= 0.6 is 0 Å². The van der Waals surface area contributed by atoms with Crippen molar-refractivity contribution in [2.75, 3.05) is 44.2 Å². The fourth-order valence-corrected chi connectivity index (χ4v) is 4.37. The van der Waals surface area contributed by atoms with Gasteiger partial charge >= 0.3 is 0 Å². The second kappa shape index (κ2) is 8.81. The summed E-state index contributed by atoms with van der Waals surface area (Å²) >= 11 is 0. The zero-order valence-corrected chi connectivity index (χ0v) is 17.8. The highest BCUT2D eigenvalue weighted by Gasteiger charge is 2.33. The number of rotatable bonds is 3. The zero-order chi connectivity index (χ0) is 21.1. The molecule has 2 amide bonds. The number of nitrogens with zero attached hydrogens (tertiary/aromatic N) is 5. The van der Waals surface area contributed by atoms with Crippen LogP contribution in [0.5, 0.6) is 0 Å². The molecule has 1 unspecified atom stereocenters. The largest absolute Gasteiger partial charge is 0.368 e. The van der Waals surface area contributed by atoms with Gasteiger partial charge in [0, 0.05) is 51.2 Å². The first kappa shape index (κ1) is 20.3. The predicted molar refractivity (Wildman–Crippen MR) is 115 cm³/mol. The van der Waals surface area contributed by atoms with Gasteiger partial charge in [0.2, 0.25) is 5.91 Å².